The van der Waals surface area contributed by atoms with Crippen molar-refractivity contribution in [3.8, 4) is 0 Å². The van der Waals surface area contributed by atoms with Crippen LogP contribution in [0.1, 0.15) is 22.2 Å². The number of aryl methyl sites for hydroxylation is 1. The molecule has 1 aliphatic rings. The number of hydrogen-bond donors (Lipinski definition) is 1. The molecule has 2 aromatic rings. The summed E-state index contributed by atoms with van der Waals surface area (Å²) in [5.41, 5.74) is 2.23. The van der Waals surface area contributed by atoms with Crippen molar-refractivity contribution in [2.24, 2.45) is 0 Å². The summed E-state index contributed by atoms with van der Waals surface area (Å²) in [4.78, 5) is 29.2. The highest BCUT2D eigenvalue weighted by Gasteiger charge is 2.25. The number of piperazine rings is 1. The Morgan fingerprint density at radius 1 is 1.04 bits per heavy atom. The number of anilines is 1. The van der Waals surface area contributed by atoms with Crippen LogP contribution in [-0.4, -0.2) is 54.3 Å². The van der Waals surface area contributed by atoms with E-state index in [1.807, 2.05) is 45.5 Å². The fourth-order valence-corrected chi connectivity index (χ4v) is 3.69. The number of carbonyl (C=O) groups is 2. The molecule has 1 N–H and O–H groups in total. The average molecular weight is 357 g/mol. The van der Waals surface area contributed by atoms with Crippen LogP contribution in [0.2, 0.25) is 0 Å². The van der Waals surface area contributed by atoms with Crippen LogP contribution in [0.5, 0.6) is 0 Å². The maximum atomic E-state index is 12.4. The molecule has 0 unspecified atom stereocenters. The zero-order chi connectivity index (χ0) is 17.6. The van der Waals surface area contributed by atoms with Crippen LogP contribution in [0.15, 0.2) is 41.8 Å². The summed E-state index contributed by atoms with van der Waals surface area (Å²) in [6.07, 6.45) is 0.931. The first-order chi connectivity index (χ1) is 12.2. The first-order valence-electron chi connectivity index (χ1n) is 8.61. The zero-order valence-electron chi connectivity index (χ0n) is 14.4. The predicted octanol–water partition coefficient (Wildman–Crippen LogP) is 2.71. The number of carbonyl (C=O) groups excluding carboxylic acids is 2. The number of hydrogen-bond acceptors (Lipinski definition) is 4. The van der Waals surface area contributed by atoms with Gasteiger partial charge in [0.1, 0.15) is 0 Å². The molecule has 0 spiro atoms. The fraction of sp³-hybridized carbons (Fsp3) is 0.368. The summed E-state index contributed by atoms with van der Waals surface area (Å²) in [7, 11) is 0. The van der Waals surface area contributed by atoms with Crippen LogP contribution in [0.25, 0.3) is 0 Å². The highest BCUT2D eigenvalue weighted by molar-refractivity contribution is 7.12. The standard InChI is InChI=1S/C19H23N3O2S/c1-2-15-6-3-4-7-16(15)20-14-18(23)21-9-11-22(12-10-21)19(24)17-8-5-13-25-17/h3-8,13,20H,2,9-12,14H2,1H3. The zero-order valence-corrected chi connectivity index (χ0v) is 15.2. The SMILES string of the molecule is CCc1ccccc1NCC(=O)N1CCN(C(=O)c2cccs2)CC1. The number of nitrogens with one attached hydrogen (secondary N) is 1. The molecular weight excluding hydrogens is 334 g/mol. The Labute approximate surface area is 152 Å². The van der Waals surface area contributed by atoms with E-state index in [2.05, 4.69) is 18.3 Å². The molecule has 0 atom stereocenters. The molecule has 0 bridgehead atoms. The average Bonchev–Trinajstić information content (AvgIpc) is 3.20. The number of para-hydroxylation sites is 1. The topological polar surface area (TPSA) is 52.7 Å². The van der Waals surface area contributed by atoms with Gasteiger partial charge in [-0.25, -0.2) is 0 Å². The van der Waals surface area contributed by atoms with Crippen molar-refractivity contribution in [2.75, 3.05) is 38.0 Å². The van der Waals surface area contributed by atoms with E-state index < -0.39 is 0 Å². The molecule has 25 heavy (non-hydrogen) atoms. The maximum absolute atomic E-state index is 12.4. The minimum absolute atomic E-state index is 0.0668. The van der Waals surface area contributed by atoms with Gasteiger partial charge in [0.2, 0.25) is 5.91 Å². The quantitative estimate of drug-likeness (QED) is 0.895. The van der Waals surface area contributed by atoms with Gasteiger partial charge in [-0.2, -0.15) is 0 Å². The fourth-order valence-electron chi connectivity index (χ4n) is 3.00. The van der Waals surface area contributed by atoms with Crippen molar-refractivity contribution in [3.63, 3.8) is 0 Å². The summed E-state index contributed by atoms with van der Waals surface area (Å²) >= 11 is 1.46. The molecule has 1 aromatic heterocycles. The monoisotopic (exact) mass is 357 g/mol. The molecular formula is C19H23N3O2S. The van der Waals surface area contributed by atoms with Gasteiger partial charge in [0.05, 0.1) is 11.4 Å². The lowest BCUT2D eigenvalue weighted by Gasteiger charge is -2.34. The van der Waals surface area contributed by atoms with Crippen LogP contribution in [-0.2, 0) is 11.2 Å². The van der Waals surface area contributed by atoms with Gasteiger partial charge in [-0.15, -0.1) is 11.3 Å². The van der Waals surface area contributed by atoms with Gasteiger partial charge in [-0.1, -0.05) is 31.2 Å². The van der Waals surface area contributed by atoms with Crippen molar-refractivity contribution in [2.45, 2.75) is 13.3 Å². The van der Waals surface area contributed by atoms with Crippen molar-refractivity contribution in [1.29, 1.82) is 0 Å². The minimum atomic E-state index is 0.0668. The summed E-state index contributed by atoms with van der Waals surface area (Å²) < 4.78 is 0. The molecule has 0 saturated carbocycles. The number of rotatable bonds is 5. The van der Waals surface area contributed by atoms with E-state index in [9.17, 15) is 9.59 Å². The number of nitrogens with zero attached hydrogens (tertiary/aromatic N) is 2. The predicted molar refractivity (Wildman–Crippen MR) is 101 cm³/mol. The van der Waals surface area contributed by atoms with Crippen LogP contribution in [0, 0.1) is 0 Å². The number of benzene rings is 1. The lowest BCUT2D eigenvalue weighted by atomic mass is 10.1. The first kappa shape index (κ1) is 17.5. The molecule has 6 heteroatoms. The Bertz CT molecular complexity index is 722. The molecule has 5 nitrogen and oxygen atoms in total. The third kappa shape index (κ3) is 4.20. The second-order valence-corrected chi connectivity index (χ2v) is 6.96. The molecule has 132 valence electrons. The summed E-state index contributed by atoms with van der Waals surface area (Å²) in [6.45, 7) is 4.75. The molecule has 1 fully saturated rings. The molecule has 1 aliphatic heterocycles. The van der Waals surface area contributed by atoms with Crippen molar-refractivity contribution < 1.29 is 9.59 Å². The largest absolute Gasteiger partial charge is 0.376 e. The minimum Gasteiger partial charge on any atom is -0.376 e. The van der Waals surface area contributed by atoms with E-state index >= 15 is 0 Å². The van der Waals surface area contributed by atoms with E-state index in [0.717, 1.165) is 17.0 Å². The third-order valence-corrected chi connectivity index (χ3v) is 5.34. The first-order valence-corrected chi connectivity index (χ1v) is 9.49. The van der Waals surface area contributed by atoms with Crippen molar-refractivity contribution in [3.05, 3.63) is 52.2 Å². The van der Waals surface area contributed by atoms with Crippen LogP contribution >= 0.6 is 11.3 Å². The maximum Gasteiger partial charge on any atom is 0.264 e. The van der Waals surface area contributed by atoms with Crippen molar-refractivity contribution >= 4 is 28.8 Å². The molecule has 2 amide bonds. The van der Waals surface area contributed by atoms with E-state index in [1.54, 1.807) is 0 Å². The van der Waals surface area contributed by atoms with Gasteiger partial charge in [-0.3, -0.25) is 9.59 Å². The van der Waals surface area contributed by atoms with E-state index in [0.29, 0.717) is 26.2 Å². The molecule has 2 heterocycles. The molecule has 1 aromatic carbocycles. The Morgan fingerprint density at radius 2 is 1.76 bits per heavy atom. The number of amides is 2. The van der Waals surface area contributed by atoms with Gasteiger partial charge < -0.3 is 15.1 Å². The highest BCUT2D eigenvalue weighted by Crippen LogP contribution is 2.16. The van der Waals surface area contributed by atoms with Gasteiger partial charge >= 0.3 is 0 Å². The van der Waals surface area contributed by atoms with Crippen molar-refractivity contribution in [1.82, 2.24) is 9.80 Å². The van der Waals surface area contributed by atoms with Gasteiger partial charge in [0.25, 0.3) is 5.91 Å². The lowest BCUT2D eigenvalue weighted by molar-refractivity contribution is -0.130. The lowest BCUT2D eigenvalue weighted by Crippen LogP contribution is -2.51. The van der Waals surface area contributed by atoms with Gasteiger partial charge in [0, 0.05) is 31.9 Å². The van der Waals surface area contributed by atoms with E-state index in [4.69, 9.17) is 0 Å². The number of thiophene rings is 1. The Balaban J connectivity index is 1.49. The van der Waals surface area contributed by atoms with E-state index in [-0.39, 0.29) is 18.4 Å². The van der Waals surface area contributed by atoms with Crippen LogP contribution in [0.3, 0.4) is 0 Å². The summed E-state index contributed by atoms with van der Waals surface area (Å²) in [5, 5.41) is 5.16. The van der Waals surface area contributed by atoms with E-state index in [1.165, 1.54) is 16.9 Å². The van der Waals surface area contributed by atoms with Gasteiger partial charge in [0.15, 0.2) is 0 Å². The Kier molecular flexibility index (Phi) is 5.71. The molecule has 0 radical (unpaired) electrons. The highest BCUT2D eigenvalue weighted by atomic mass is 32.1. The van der Waals surface area contributed by atoms with Gasteiger partial charge in [-0.05, 0) is 29.5 Å². The second-order valence-electron chi connectivity index (χ2n) is 6.01. The molecule has 3 rings (SSSR count). The second kappa shape index (κ2) is 8.16. The Hall–Kier alpha value is -2.34. The smallest absolute Gasteiger partial charge is 0.264 e. The summed E-state index contributed by atoms with van der Waals surface area (Å²) in [5.74, 6) is 0.145. The van der Waals surface area contributed by atoms with Crippen LogP contribution < -0.4 is 5.32 Å². The molecule has 0 aliphatic carbocycles. The Morgan fingerprint density at radius 3 is 2.44 bits per heavy atom. The normalized spacial score (nSPS) is 14.4. The summed E-state index contributed by atoms with van der Waals surface area (Å²) in [6, 6.07) is 11.8. The third-order valence-electron chi connectivity index (χ3n) is 4.48. The van der Waals surface area contributed by atoms with Crippen LogP contribution in [0.4, 0.5) is 5.69 Å². The molecule has 1 saturated heterocycles.